The van der Waals surface area contributed by atoms with E-state index in [2.05, 4.69) is 44.8 Å². The van der Waals surface area contributed by atoms with Crippen molar-refractivity contribution in [2.24, 2.45) is 0 Å². The molecule has 130 valence electrons. The van der Waals surface area contributed by atoms with Crippen LogP contribution in [-0.2, 0) is 13.1 Å². The first-order valence-electron chi connectivity index (χ1n) is 8.21. The highest BCUT2D eigenvalue weighted by atomic mass is 35.5. The summed E-state index contributed by atoms with van der Waals surface area (Å²) in [5.41, 5.74) is 4.25. The van der Waals surface area contributed by atoms with E-state index in [4.69, 9.17) is 11.6 Å². The van der Waals surface area contributed by atoms with Crippen molar-refractivity contribution in [3.05, 3.63) is 89.7 Å². The van der Waals surface area contributed by atoms with Gasteiger partial charge in [-0.3, -0.25) is 4.68 Å². The van der Waals surface area contributed by atoms with Crippen molar-refractivity contribution in [1.29, 1.82) is 0 Å². The van der Waals surface area contributed by atoms with E-state index in [1.54, 1.807) is 17.2 Å². The van der Waals surface area contributed by atoms with Crippen molar-refractivity contribution in [3.8, 4) is 5.69 Å². The molecular formula is C19H17ClN6. The van der Waals surface area contributed by atoms with Crippen LogP contribution in [0.2, 0.25) is 5.02 Å². The quantitative estimate of drug-likeness (QED) is 0.565. The molecule has 1 N–H and O–H groups in total. The minimum absolute atomic E-state index is 0.658. The summed E-state index contributed by atoms with van der Waals surface area (Å²) in [5.74, 6) is 0. The molecule has 7 heteroatoms. The molecule has 0 aliphatic rings. The topological polar surface area (TPSA) is 60.6 Å². The number of nitrogens with zero attached hydrogens (tertiary/aromatic N) is 5. The average molecular weight is 365 g/mol. The third-order valence-electron chi connectivity index (χ3n) is 4.05. The third kappa shape index (κ3) is 3.75. The van der Waals surface area contributed by atoms with Crippen LogP contribution < -0.4 is 5.32 Å². The first kappa shape index (κ1) is 16.4. The Balaban J connectivity index is 1.46. The Labute approximate surface area is 156 Å². The van der Waals surface area contributed by atoms with Crippen LogP contribution in [0.5, 0.6) is 0 Å². The minimum Gasteiger partial charge on any atom is -0.381 e. The zero-order valence-electron chi connectivity index (χ0n) is 14.0. The molecule has 2 aromatic heterocycles. The lowest BCUT2D eigenvalue weighted by Crippen LogP contribution is -2.06. The molecule has 0 bridgehead atoms. The summed E-state index contributed by atoms with van der Waals surface area (Å²) in [7, 11) is 0. The van der Waals surface area contributed by atoms with Crippen molar-refractivity contribution >= 4 is 17.3 Å². The smallest absolute Gasteiger partial charge is 0.138 e. The van der Waals surface area contributed by atoms with Gasteiger partial charge < -0.3 is 5.32 Å². The Kier molecular flexibility index (Phi) is 4.66. The predicted molar refractivity (Wildman–Crippen MR) is 101 cm³/mol. The number of benzene rings is 2. The normalized spacial score (nSPS) is 10.8. The summed E-state index contributed by atoms with van der Waals surface area (Å²) in [6.45, 7) is 1.42. The van der Waals surface area contributed by atoms with Gasteiger partial charge in [0.05, 0.1) is 12.2 Å². The molecule has 6 nitrogen and oxygen atoms in total. The van der Waals surface area contributed by atoms with Gasteiger partial charge in [0.15, 0.2) is 0 Å². The molecule has 0 atom stereocenters. The molecule has 0 spiro atoms. The maximum atomic E-state index is 6.14. The van der Waals surface area contributed by atoms with Gasteiger partial charge in [-0.15, -0.1) is 0 Å². The molecule has 0 unspecified atom stereocenters. The van der Waals surface area contributed by atoms with Gasteiger partial charge >= 0.3 is 0 Å². The fraction of sp³-hybridized carbons (Fsp3) is 0.105. The van der Waals surface area contributed by atoms with Gasteiger partial charge in [0, 0.05) is 29.6 Å². The molecule has 4 rings (SSSR count). The summed E-state index contributed by atoms with van der Waals surface area (Å²) in [4.78, 5) is 4.01. The summed E-state index contributed by atoms with van der Waals surface area (Å²) >= 11 is 6.14. The van der Waals surface area contributed by atoms with Crippen molar-refractivity contribution in [2.75, 3.05) is 5.32 Å². The largest absolute Gasteiger partial charge is 0.381 e. The molecule has 0 fully saturated rings. The maximum Gasteiger partial charge on any atom is 0.138 e. The molecule has 2 aromatic carbocycles. The van der Waals surface area contributed by atoms with E-state index in [0.29, 0.717) is 11.6 Å². The molecule has 0 aliphatic heterocycles. The zero-order chi connectivity index (χ0) is 17.8. The number of hydrogen-bond acceptors (Lipinski definition) is 4. The summed E-state index contributed by atoms with van der Waals surface area (Å²) in [5, 5.41) is 12.5. The Morgan fingerprint density at radius 3 is 2.65 bits per heavy atom. The standard InChI is InChI=1S/C19H17ClN6/c20-17-5-4-16(19(10-17)26-14-21-13-24-26)11-22-18-6-2-15(3-7-18)12-25-9-1-8-23-25/h1-10,13-14,22H,11-12H2. The van der Waals surface area contributed by atoms with Crippen LogP contribution >= 0.6 is 11.6 Å². The van der Waals surface area contributed by atoms with Crippen molar-refractivity contribution in [3.63, 3.8) is 0 Å². The maximum absolute atomic E-state index is 6.14. The molecule has 0 aliphatic carbocycles. The van der Waals surface area contributed by atoms with Gasteiger partial charge in [-0.2, -0.15) is 10.2 Å². The fourth-order valence-electron chi connectivity index (χ4n) is 2.74. The first-order chi connectivity index (χ1) is 12.8. The van der Waals surface area contributed by atoms with E-state index in [1.807, 2.05) is 35.1 Å². The SMILES string of the molecule is Clc1ccc(CNc2ccc(Cn3cccn3)cc2)c(-n2cncn2)c1. The third-order valence-corrected chi connectivity index (χ3v) is 4.29. The van der Waals surface area contributed by atoms with Gasteiger partial charge in [-0.1, -0.05) is 29.8 Å². The number of rotatable bonds is 6. The van der Waals surface area contributed by atoms with Gasteiger partial charge in [-0.05, 0) is 41.5 Å². The van der Waals surface area contributed by atoms with Crippen molar-refractivity contribution < 1.29 is 0 Å². The summed E-state index contributed by atoms with van der Waals surface area (Å²) in [6, 6.07) is 16.0. The highest BCUT2D eigenvalue weighted by Gasteiger charge is 2.07. The van der Waals surface area contributed by atoms with Crippen LogP contribution in [0.3, 0.4) is 0 Å². The van der Waals surface area contributed by atoms with E-state index in [-0.39, 0.29) is 0 Å². The summed E-state index contributed by atoms with van der Waals surface area (Å²) in [6.07, 6.45) is 6.92. The molecule has 2 heterocycles. The number of aromatic nitrogens is 5. The Morgan fingerprint density at radius 1 is 1.04 bits per heavy atom. The molecule has 0 amide bonds. The summed E-state index contributed by atoms with van der Waals surface area (Å²) < 4.78 is 3.62. The van der Waals surface area contributed by atoms with Crippen LogP contribution in [-0.4, -0.2) is 24.5 Å². The van der Waals surface area contributed by atoms with Crippen molar-refractivity contribution in [2.45, 2.75) is 13.1 Å². The fourth-order valence-corrected chi connectivity index (χ4v) is 2.91. The van der Waals surface area contributed by atoms with Crippen molar-refractivity contribution in [1.82, 2.24) is 24.5 Å². The Bertz CT molecular complexity index is 962. The van der Waals surface area contributed by atoms with Crippen LogP contribution in [0.25, 0.3) is 5.69 Å². The van der Waals surface area contributed by atoms with Crippen LogP contribution in [0, 0.1) is 0 Å². The first-order valence-corrected chi connectivity index (χ1v) is 8.59. The molecule has 0 saturated heterocycles. The molecule has 0 saturated carbocycles. The molecule has 26 heavy (non-hydrogen) atoms. The van der Waals surface area contributed by atoms with Crippen LogP contribution in [0.4, 0.5) is 5.69 Å². The number of nitrogens with one attached hydrogen (secondary N) is 1. The molecule has 0 radical (unpaired) electrons. The van der Waals surface area contributed by atoms with E-state index in [9.17, 15) is 0 Å². The highest BCUT2D eigenvalue weighted by Crippen LogP contribution is 2.21. The highest BCUT2D eigenvalue weighted by molar-refractivity contribution is 6.30. The van der Waals surface area contributed by atoms with E-state index in [1.165, 1.54) is 11.9 Å². The molecule has 4 aromatic rings. The van der Waals surface area contributed by atoms with Crippen LogP contribution in [0.1, 0.15) is 11.1 Å². The zero-order valence-corrected chi connectivity index (χ0v) is 14.7. The number of anilines is 1. The van der Waals surface area contributed by atoms with E-state index < -0.39 is 0 Å². The van der Waals surface area contributed by atoms with Gasteiger partial charge in [0.25, 0.3) is 0 Å². The minimum atomic E-state index is 0.658. The molecular weight excluding hydrogens is 348 g/mol. The van der Waals surface area contributed by atoms with Crippen LogP contribution in [0.15, 0.2) is 73.6 Å². The van der Waals surface area contributed by atoms with E-state index >= 15 is 0 Å². The number of halogens is 1. The lowest BCUT2D eigenvalue weighted by atomic mass is 10.1. The van der Waals surface area contributed by atoms with Gasteiger partial charge in [0.2, 0.25) is 0 Å². The number of hydrogen-bond donors (Lipinski definition) is 1. The second kappa shape index (κ2) is 7.41. The average Bonchev–Trinajstić information content (AvgIpc) is 3.36. The Hall–Kier alpha value is -3.12. The van der Waals surface area contributed by atoms with Gasteiger partial charge in [-0.25, -0.2) is 9.67 Å². The lowest BCUT2D eigenvalue weighted by molar-refractivity contribution is 0.687. The second-order valence-electron chi connectivity index (χ2n) is 5.87. The lowest BCUT2D eigenvalue weighted by Gasteiger charge is -2.12. The van der Waals surface area contributed by atoms with Gasteiger partial charge in [0.1, 0.15) is 12.7 Å². The monoisotopic (exact) mass is 364 g/mol. The Morgan fingerprint density at radius 2 is 1.92 bits per heavy atom. The van der Waals surface area contributed by atoms with E-state index in [0.717, 1.165) is 23.5 Å². The predicted octanol–water partition coefficient (Wildman–Crippen LogP) is 3.78. The second-order valence-corrected chi connectivity index (χ2v) is 6.30.